The molecule has 0 unspecified atom stereocenters. The van der Waals surface area contributed by atoms with E-state index in [9.17, 15) is 14.7 Å². The molecule has 2 atom stereocenters. The number of aliphatic hydroxyl groups is 1. The molecule has 2 amide bonds. The molecule has 0 saturated carbocycles. The minimum absolute atomic E-state index is 0.196. The summed E-state index contributed by atoms with van der Waals surface area (Å²) in [4.78, 5) is 27.4. The number of carbonyl (C=O) groups is 2. The van der Waals surface area contributed by atoms with Gasteiger partial charge in [-0.25, -0.2) is 14.3 Å². The van der Waals surface area contributed by atoms with Gasteiger partial charge in [-0.05, 0) is 35.4 Å². The highest BCUT2D eigenvalue weighted by molar-refractivity contribution is 5.91. The predicted octanol–water partition coefficient (Wildman–Crippen LogP) is 2.29. The fourth-order valence-electron chi connectivity index (χ4n) is 3.86. The zero-order chi connectivity index (χ0) is 22.1. The Morgan fingerprint density at radius 3 is 1.84 bits per heavy atom. The molecule has 2 saturated heterocycles. The Morgan fingerprint density at radius 2 is 1.38 bits per heavy atom. The van der Waals surface area contributed by atoms with Crippen molar-refractivity contribution < 1.29 is 24.2 Å². The van der Waals surface area contributed by atoms with Crippen LogP contribution in [0, 0.1) is 0 Å². The second-order valence-electron chi connectivity index (χ2n) is 7.63. The lowest BCUT2D eigenvalue weighted by molar-refractivity contribution is 0.0963. The molecule has 2 aliphatic heterocycles. The average molecular weight is 435 g/mol. The highest BCUT2D eigenvalue weighted by atomic mass is 16.6. The van der Waals surface area contributed by atoms with Crippen molar-refractivity contribution in [3.63, 3.8) is 0 Å². The topological polar surface area (TPSA) is 110 Å². The number of nitrogens with zero attached hydrogens (tertiary/aromatic N) is 5. The van der Waals surface area contributed by atoms with Gasteiger partial charge in [0.25, 0.3) is 0 Å². The number of carbonyl (C=O) groups excluding carboxylic acids is 2. The maximum absolute atomic E-state index is 12.3. The number of hydrogen-bond donors (Lipinski definition) is 1. The predicted molar refractivity (Wildman–Crippen MR) is 114 cm³/mol. The van der Waals surface area contributed by atoms with Gasteiger partial charge in [0.1, 0.15) is 12.2 Å². The van der Waals surface area contributed by atoms with Crippen molar-refractivity contribution in [3.05, 3.63) is 60.9 Å². The van der Waals surface area contributed by atoms with Crippen LogP contribution in [0.15, 0.2) is 60.9 Å². The molecule has 164 valence electrons. The molecule has 1 N–H and O–H groups in total. The van der Waals surface area contributed by atoms with Crippen LogP contribution < -0.4 is 9.80 Å². The Morgan fingerprint density at radius 1 is 0.844 bits per heavy atom. The van der Waals surface area contributed by atoms with Gasteiger partial charge in [0, 0.05) is 17.6 Å². The van der Waals surface area contributed by atoms with Gasteiger partial charge in [-0.15, -0.1) is 5.10 Å². The summed E-state index contributed by atoms with van der Waals surface area (Å²) in [6.45, 7) is 1.02. The van der Waals surface area contributed by atoms with E-state index in [0.717, 1.165) is 16.8 Å². The standard InChI is InChI=1S/C22H21N5O5/c28-14-20-13-27(22(30)32-20)18-7-3-16(4-8-18)15-1-5-17(6-2-15)26-12-19(31-21(26)29)11-25-10-9-23-24-25/h1-10,19-20,28H,11-14H2/t19-,20+/m0/s1. The summed E-state index contributed by atoms with van der Waals surface area (Å²) in [5.41, 5.74) is 3.42. The van der Waals surface area contributed by atoms with Gasteiger partial charge < -0.3 is 14.6 Å². The van der Waals surface area contributed by atoms with Crippen LogP contribution >= 0.6 is 0 Å². The van der Waals surface area contributed by atoms with Crippen LogP contribution in [-0.4, -0.2) is 64.2 Å². The Hall–Kier alpha value is -3.92. The van der Waals surface area contributed by atoms with Crippen molar-refractivity contribution in [2.45, 2.75) is 18.8 Å². The average Bonchev–Trinajstić information content (AvgIpc) is 3.55. The molecular formula is C22H21N5O5. The normalized spacial score (nSPS) is 20.5. The van der Waals surface area contributed by atoms with Crippen LogP contribution in [0.5, 0.6) is 0 Å². The summed E-state index contributed by atoms with van der Waals surface area (Å²) in [5, 5.41) is 16.9. The fourth-order valence-corrected chi connectivity index (χ4v) is 3.86. The van der Waals surface area contributed by atoms with Gasteiger partial charge in [-0.1, -0.05) is 29.5 Å². The Bertz CT molecular complexity index is 1100. The number of amides is 2. The SMILES string of the molecule is O=C1O[C@@H](Cn2ccnn2)CN1c1ccc(-c2ccc(N3C[C@H](CO)OC3=O)cc2)cc1. The van der Waals surface area contributed by atoms with E-state index in [1.54, 1.807) is 22.0 Å². The fraction of sp³-hybridized carbons (Fsp3) is 0.273. The Kier molecular flexibility index (Phi) is 5.20. The van der Waals surface area contributed by atoms with Crippen LogP contribution in [0.1, 0.15) is 0 Å². The van der Waals surface area contributed by atoms with Gasteiger partial charge in [0.15, 0.2) is 0 Å². The lowest BCUT2D eigenvalue weighted by Gasteiger charge is -2.15. The molecule has 2 aliphatic rings. The molecule has 10 nitrogen and oxygen atoms in total. The Balaban J connectivity index is 1.26. The minimum Gasteiger partial charge on any atom is -0.442 e. The van der Waals surface area contributed by atoms with Crippen LogP contribution in [0.3, 0.4) is 0 Å². The smallest absolute Gasteiger partial charge is 0.414 e. The molecule has 32 heavy (non-hydrogen) atoms. The van der Waals surface area contributed by atoms with Crippen molar-refractivity contribution in [1.29, 1.82) is 0 Å². The van der Waals surface area contributed by atoms with E-state index in [0.29, 0.717) is 25.3 Å². The monoisotopic (exact) mass is 435 g/mol. The second-order valence-corrected chi connectivity index (χ2v) is 7.63. The number of cyclic esters (lactones) is 2. The van der Waals surface area contributed by atoms with E-state index in [2.05, 4.69) is 10.3 Å². The lowest BCUT2D eigenvalue weighted by Crippen LogP contribution is -2.26. The van der Waals surface area contributed by atoms with E-state index >= 15 is 0 Å². The van der Waals surface area contributed by atoms with Crippen molar-refractivity contribution >= 4 is 23.6 Å². The van der Waals surface area contributed by atoms with E-state index in [1.165, 1.54) is 4.90 Å². The maximum Gasteiger partial charge on any atom is 0.414 e. The number of rotatable bonds is 6. The lowest BCUT2D eigenvalue weighted by atomic mass is 10.0. The Labute approximate surface area is 183 Å². The first-order valence-electron chi connectivity index (χ1n) is 10.2. The van der Waals surface area contributed by atoms with Crippen molar-refractivity contribution in [2.24, 2.45) is 0 Å². The van der Waals surface area contributed by atoms with Crippen LogP contribution in [-0.2, 0) is 16.0 Å². The number of benzene rings is 2. The highest BCUT2D eigenvalue weighted by Gasteiger charge is 2.33. The first-order chi connectivity index (χ1) is 15.6. The molecule has 10 heteroatoms. The summed E-state index contributed by atoms with van der Waals surface area (Å²) in [5.74, 6) is 0. The van der Waals surface area contributed by atoms with Crippen molar-refractivity contribution in [3.8, 4) is 11.1 Å². The highest BCUT2D eigenvalue weighted by Crippen LogP contribution is 2.29. The minimum atomic E-state index is -0.497. The van der Waals surface area contributed by atoms with Crippen LogP contribution in [0.25, 0.3) is 11.1 Å². The summed E-state index contributed by atoms with van der Waals surface area (Å²) < 4.78 is 12.2. The summed E-state index contributed by atoms with van der Waals surface area (Å²) in [7, 11) is 0. The molecule has 3 aromatic rings. The van der Waals surface area contributed by atoms with Crippen LogP contribution in [0.4, 0.5) is 21.0 Å². The quantitative estimate of drug-likeness (QED) is 0.633. The summed E-state index contributed by atoms with van der Waals surface area (Å²) in [6.07, 6.45) is 1.69. The first kappa shape index (κ1) is 20.0. The number of anilines is 2. The molecule has 0 spiro atoms. The zero-order valence-corrected chi connectivity index (χ0v) is 17.1. The van der Waals surface area contributed by atoms with Crippen LogP contribution in [0.2, 0.25) is 0 Å². The largest absolute Gasteiger partial charge is 0.442 e. The van der Waals surface area contributed by atoms with Gasteiger partial charge >= 0.3 is 12.2 Å². The molecule has 0 bridgehead atoms. The van der Waals surface area contributed by atoms with Gasteiger partial charge in [0.05, 0.1) is 32.4 Å². The van der Waals surface area contributed by atoms with E-state index < -0.39 is 12.2 Å². The molecule has 2 aromatic carbocycles. The second kappa shape index (κ2) is 8.31. The first-order valence-corrected chi connectivity index (χ1v) is 10.2. The van der Waals surface area contributed by atoms with Crippen molar-refractivity contribution in [2.75, 3.05) is 29.5 Å². The third-order valence-electron chi connectivity index (χ3n) is 5.51. The molecule has 2 fully saturated rings. The third-order valence-corrected chi connectivity index (χ3v) is 5.51. The molecule has 3 heterocycles. The number of aromatic nitrogens is 3. The van der Waals surface area contributed by atoms with E-state index in [4.69, 9.17) is 9.47 Å². The molecular weight excluding hydrogens is 414 g/mol. The molecule has 0 radical (unpaired) electrons. The maximum atomic E-state index is 12.3. The zero-order valence-electron chi connectivity index (χ0n) is 17.1. The summed E-state index contributed by atoms with van der Waals surface area (Å²) >= 11 is 0. The van der Waals surface area contributed by atoms with Gasteiger partial charge in [-0.2, -0.15) is 0 Å². The molecule has 5 rings (SSSR count). The number of aliphatic hydroxyl groups excluding tert-OH is 1. The van der Waals surface area contributed by atoms with E-state index in [-0.39, 0.29) is 18.8 Å². The molecule has 1 aromatic heterocycles. The summed E-state index contributed by atoms with van der Waals surface area (Å²) in [6, 6.07) is 15.2. The third kappa shape index (κ3) is 3.87. The van der Waals surface area contributed by atoms with Crippen molar-refractivity contribution in [1.82, 2.24) is 15.0 Å². The molecule has 0 aliphatic carbocycles. The number of ether oxygens (including phenoxy) is 2. The van der Waals surface area contributed by atoms with E-state index in [1.807, 2.05) is 48.5 Å². The van der Waals surface area contributed by atoms with Gasteiger partial charge in [0.2, 0.25) is 0 Å². The van der Waals surface area contributed by atoms with Gasteiger partial charge in [-0.3, -0.25) is 9.80 Å². The number of hydrogen-bond acceptors (Lipinski definition) is 7.